The van der Waals surface area contributed by atoms with Crippen LogP contribution in [0.3, 0.4) is 0 Å². The minimum atomic E-state index is -0.285. The van der Waals surface area contributed by atoms with Crippen LogP contribution in [0, 0.1) is 5.82 Å². The van der Waals surface area contributed by atoms with Gasteiger partial charge < -0.3 is 15.4 Å². The van der Waals surface area contributed by atoms with Gasteiger partial charge in [0.1, 0.15) is 11.6 Å². The van der Waals surface area contributed by atoms with Crippen molar-refractivity contribution in [1.29, 1.82) is 0 Å². The quantitative estimate of drug-likeness (QED) is 0.572. The van der Waals surface area contributed by atoms with Crippen LogP contribution in [0.2, 0.25) is 0 Å². The molecule has 0 spiro atoms. The zero-order chi connectivity index (χ0) is 17.4. The van der Waals surface area contributed by atoms with Gasteiger partial charge in [-0.05, 0) is 48.7 Å². The van der Waals surface area contributed by atoms with Gasteiger partial charge in [0.2, 0.25) is 5.91 Å². The first-order chi connectivity index (χ1) is 11.6. The molecule has 25 heavy (non-hydrogen) atoms. The minimum Gasteiger partial charge on any atom is -0.494 e. The molecule has 136 valence electrons. The van der Waals surface area contributed by atoms with Crippen LogP contribution in [0.1, 0.15) is 18.4 Å². The number of anilines is 1. The number of nitrogens with zero attached hydrogens (tertiary/aromatic N) is 1. The smallest absolute Gasteiger partial charge is 0.222 e. The molecule has 4 nitrogen and oxygen atoms in total. The predicted molar refractivity (Wildman–Crippen MR) is 101 cm³/mol. The molecule has 0 aliphatic heterocycles. The highest BCUT2D eigenvalue weighted by atomic mass is 35.5. The van der Waals surface area contributed by atoms with E-state index in [1.807, 2.05) is 24.3 Å². The molecule has 0 saturated carbocycles. The van der Waals surface area contributed by atoms with Crippen molar-refractivity contribution in [2.45, 2.75) is 19.3 Å². The molecular weight excluding hydrogens is 343 g/mol. The van der Waals surface area contributed by atoms with Crippen LogP contribution in [0.4, 0.5) is 10.1 Å². The van der Waals surface area contributed by atoms with Crippen LogP contribution in [0.25, 0.3) is 0 Å². The number of carbonyl (C=O) groups is 1. The lowest BCUT2D eigenvalue weighted by Crippen LogP contribution is -2.28. The van der Waals surface area contributed by atoms with Crippen molar-refractivity contribution < 1.29 is 13.9 Å². The minimum absolute atomic E-state index is 0. The summed E-state index contributed by atoms with van der Waals surface area (Å²) in [5.74, 6) is 0.428. The third-order valence-corrected chi connectivity index (χ3v) is 3.81. The molecule has 0 fully saturated rings. The van der Waals surface area contributed by atoms with Crippen molar-refractivity contribution in [3.63, 3.8) is 0 Å². The zero-order valence-electron chi connectivity index (χ0n) is 14.3. The number of rotatable bonds is 8. The summed E-state index contributed by atoms with van der Waals surface area (Å²) in [6, 6.07) is 13.5. The Morgan fingerprint density at radius 3 is 2.52 bits per heavy atom. The first-order valence-electron chi connectivity index (χ1n) is 8.02. The number of aryl methyl sites for hydroxylation is 1. The van der Waals surface area contributed by atoms with E-state index < -0.39 is 0 Å². The Balaban J connectivity index is 0.00000312. The average molecular weight is 367 g/mol. The van der Waals surface area contributed by atoms with Crippen LogP contribution in [-0.4, -0.2) is 31.0 Å². The van der Waals surface area contributed by atoms with Gasteiger partial charge in [0, 0.05) is 25.7 Å². The molecule has 0 aromatic heterocycles. The van der Waals surface area contributed by atoms with Crippen LogP contribution in [-0.2, 0) is 11.2 Å². The van der Waals surface area contributed by atoms with Crippen LogP contribution >= 0.6 is 12.4 Å². The Labute approximate surface area is 154 Å². The fraction of sp³-hybridized carbons (Fsp3) is 0.316. The Morgan fingerprint density at radius 2 is 1.84 bits per heavy atom. The summed E-state index contributed by atoms with van der Waals surface area (Å²) in [6.07, 6.45) is 1.79. The van der Waals surface area contributed by atoms with E-state index >= 15 is 0 Å². The van der Waals surface area contributed by atoms with E-state index in [0.717, 1.165) is 11.3 Å². The third kappa shape index (κ3) is 7.01. The normalized spacial score (nSPS) is 10.0. The Bertz CT molecular complexity index is 665. The summed E-state index contributed by atoms with van der Waals surface area (Å²) in [4.78, 5) is 13.8. The number of amides is 1. The molecule has 0 unspecified atom stereocenters. The summed E-state index contributed by atoms with van der Waals surface area (Å²) < 4.78 is 18.3. The lowest BCUT2D eigenvalue weighted by atomic mass is 10.1. The van der Waals surface area contributed by atoms with Gasteiger partial charge in [-0.1, -0.05) is 18.2 Å². The van der Waals surface area contributed by atoms with Gasteiger partial charge in [0.25, 0.3) is 0 Å². The van der Waals surface area contributed by atoms with Crippen molar-refractivity contribution >= 4 is 24.0 Å². The maximum Gasteiger partial charge on any atom is 0.222 e. The topological polar surface area (TPSA) is 55.6 Å². The van der Waals surface area contributed by atoms with Crippen molar-refractivity contribution in [3.8, 4) is 5.75 Å². The lowest BCUT2D eigenvalue weighted by Gasteiger charge is -2.17. The van der Waals surface area contributed by atoms with Gasteiger partial charge >= 0.3 is 0 Å². The maximum absolute atomic E-state index is 12.8. The molecule has 2 aromatic rings. The highest BCUT2D eigenvalue weighted by Gasteiger charge is 2.09. The van der Waals surface area contributed by atoms with Crippen molar-refractivity contribution in [3.05, 3.63) is 59.9 Å². The monoisotopic (exact) mass is 366 g/mol. The highest BCUT2D eigenvalue weighted by molar-refractivity contribution is 5.85. The number of para-hydroxylation sites is 1. The second-order valence-electron chi connectivity index (χ2n) is 5.67. The number of hydrogen-bond acceptors (Lipinski definition) is 3. The molecule has 2 N–H and O–H groups in total. The largest absolute Gasteiger partial charge is 0.494 e. The SMILES string of the molecule is CN(CCCOc1ccc(F)cc1)C(=O)CCc1ccccc1N.Cl. The summed E-state index contributed by atoms with van der Waals surface area (Å²) in [5, 5.41) is 0. The number of ether oxygens (including phenoxy) is 1. The van der Waals surface area contributed by atoms with Gasteiger partial charge in [-0.25, -0.2) is 4.39 Å². The third-order valence-electron chi connectivity index (χ3n) is 3.81. The number of benzene rings is 2. The number of nitrogen functional groups attached to an aromatic ring is 1. The molecule has 2 rings (SSSR count). The second-order valence-corrected chi connectivity index (χ2v) is 5.67. The number of carbonyl (C=O) groups excluding carboxylic acids is 1. The van der Waals surface area contributed by atoms with Gasteiger partial charge in [0.15, 0.2) is 0 Å². The molecule has 0 heterocycles. The van der Waals surface area contributed by atoms with E-state index in [2.05, 4.69) is 0 Å². The van der Waals surface area contributed by atoms with E-state index in [1.165, 1.54) is 12.1 Å². The summed E-state index contributed by atoms with van der Waals surface area (Å²) in [7, 11) is 1.79. The Kier molecular flexibility index (Phi) is 8.78. The molecule has 6 heteroatoms. The molecule has 0 bridgehead atoms. The second kappa shape index (κ2) is 10.6. The standard InChI is InChI=1S/C19H23FN2O2.ClH/c1-22(13-4-14-24-17-10-8-16(20)9-11-17)19(23)12-7-15-5-2-3-6-18(15)21;/h2-3,5-6,8-11H,4,7,12-14,21H2,1H3;1H. The average Bonchev–Trinajstić information content (AvgIpc) is 2.59. The van der Waals surface area contributed by atoms with Crippen LogP contribution in [0.5, 0.6) is 5.75 Å². The molecule has 1 amide bonds. The fourth-order valence-electron chi connectivity index (χ4n) is 2.34. The van der Waals surface area contributed by atoms with Gasteiger partial charge in [0.05, 0.1) is 6.61 Å². The summed E-state index contributed by atoms with van der Waals surface area (Å²) in [5.41, 5.74) is 7.60. The molecule has 0 aliphatic carbocycles. The summed E-state index contributed by atoms with van der Waals surface area (Å²) >= 11 is 0. The van der Waals surface area contributed by atoms with E-state index in [9.17, 15) is 9.18 Å². The van der Waals surface area contributed by atoms with Gasteiger partial charge in [-0.3, -0.25) is 4.79 Å². The highest BCUT2D eigenvalue weighted by Crippen LogP contribution is 2.13. The van der Waals surface area contributed by atoms with Crippen molar-refractivity contribution in [2.75, 3.05) is 25.9 Å². The predicted octanol–water partition coefficient (Wildman–Crippen LogP) is 3.69. The zero-order valence-corrected chi connectivity index (χ0v) is 15.1. The van der Waals surface area contributed by atoms with Crippen LogP contribution < -0.4 is 10.5 Å². The van der Waals surface area contributed by atoms with Crippen LogP contribution in [0.15, 0.2) is 48.5 Å². The van der Waals surface area contributed by atoms with E-state index in [0.29, 0.717) is 38.2 Å². The molecule has 0 saturated heterocycles. The molecule has 2 aromatic carbocycles. The number of nitrogens with two attached hydrogens (primary N) is 1. The first kappa shape index (κ1) is 20.8. The molecule has 0 aliphatic rings. The number of hydrogen-bond donors (Lipinski definition) is 1. The maximum atomic E-state index is 12.8. The van der Waals surface area contributed by atoms with Crippen molar-refractivity contribution in [1.82, 2.24) is 4.90 Å². The Hall–Kier alpha value is -2.27. The molecule has 0 atom stereocenters. The van der Waals surface area contributed by atoms with E-state index in [4.69, 9.17) is 10.5 Å². The summed E-state index contributed by atoms with van der Waals surface area (Å²) in [6.45, 7) is 1.10. The van der Waals surface area contributed by atoms with Gasteiger partial charge in [-0.2, -0.15) is 0 Å². The van der Waals surface area contributed by atoms with E-state index in [1.54, 1.807) is 24.1 Å². The van der Waals surface area contributed by atoms with Gasteiger partial charge in [-0.15, -0.1) is 12.4 Å². The number of halogens is 2. The molecule has 0 radical (unpaired) electrons. The molecular formula is C19H24ClFN2O2. The lowest BCUT2D eigenvalue weighted by molar-refractivity contribution is -0.129. The Morgan fingerprint density at radius 1 is 1.16 bits per heavy atom. The fourth-order valence-corrected chi connectivity index (χ4v) is 2.34. The first-order valence-corrected chi connectivity index (χ1v) is 8.02. The van der Waals surface area contributed by atoms with Crippen molar-refractivity contribution in [2.24, 2.45) is 0 Å². The van der Waals surface area contributed by atoms with E-state index in [-0.39, 0.29) is 24.1 Å².